The van der Waals surface area contributed by atoms with Gasteiger partial charge in [0, 0.05) is 57.0 Å². The molecule has 28 heavy (non-hydrogen) atoms. The van der Waals surface area contributed by atoms with Crippen LogP contribution in [0.3, 0.4) is 0 Å². The highest BCUT2D eigenvalue weighted by Crippen LogP contribution is 2.22. The monoisotopic (exact) mass is 382 g/mol. The SMILES string of the molecule is C[C@@H]1CN(c2ccncc2F)CCN1C(=O)NCc1cccc2nn(C)cc12. The van der Waals surface area contributed by atoms with Crippen molar-refractivity contribution in [3.05, 3.63) is 54.2 Å². The van der Waals surface area contributed by atoms with Gasteiger partial charge < -0.3 is 15.1 Å². The first kappa shape index (κ1) is 18.2. The lowest BCUT2D eigenvalue weighted by molar-refractivity contribution is 0.171. The molecule has 1 saturated heterocycles. The number of aromatic nitrogens is 3. The Labute approximate surface area is 162 Å². The zero-order chi connectivity index (χ0) is 19.7. The molecular formula is C20H23FN6O. The first-order valence-corrected chi connectivity index (χ1v) is 9.33. The van der Waals surface area contributed by atoms with E-state index in [-0.39, 0.29) is 17.9 Å². The highest BCUT2D eigenvalue weighted by atomic mass is 19.1. The van der Waals surface area contributed by atoms with Crippen LogP contribution in [0.2, 0.25) is 0 Å². The van der Waals surface area contributed by atoms with Crippen molar-refractivity contribution in [2.45, 2.75) is 19.5 Å². The van der Waals surface area contributed by atoms with Crippen LogP contribution in [0.4, 0.5) is 14.9 Å². The van der Waals surface area contributed by atoms with Gasteiger partial charge in [-0.3, -0.25) is 9.67 Å². The molecule has 1 N–H and O–H groups in total. The van der Waals surface area contributed by atoms with Gasteiger partial charge in [0.2, 0.25) is 0 Å². The van der Waals surface area contributed by atoms with E-state index in [4.69, 9.17) is 0 Å². The van der Waals surface area contributed by atoms with Crippen LogP contribution >= 0.6 is 0 Å². The molecule has 1 fully saturated rings. The van der Waals surface area contributed by atoms with Crippen molar-refractivity contribution in [3.8, 4) is 0 Å². The molecule has 0 saturated carbocycles. The number of carbonyl (C=O) groups excluding carboxylic acids is 1. The normalized spacial score (nSPS) is 17.2. The molecule has 3 heterocycles. The Morgan fingerprint density at radius 1 is 1.32 bits per heavy atom. The molecule has 2 aromatic heterocycles. The second-order valence-corrected chi connectivity index (χ2v) is 7.13. The van der Waals surface area contributed by atoms with Crippen LogP contribution < -0.4 is 10.2 Å². The molecule has 1 aliphatic rings. The average Bonchev–Trinajstić information content (AvgIpc) is 3.07. The standard InChI is InChI=1S/C20H23FN6O/c1-14-12-26(19-6-7-22-11-17(19)21)8-9-27(14)20(28)23-10-15-4-3-5-18-16(15)13-25(2)24-18/h3-7,11,13-14H,8-10,12H2,1-2H3,(H,23,28)/t14-/m1/s1. The quantitative estimate of drug-likeness (QED) is 0.756. The molecular weight excluding hydrogens is 359 g/mol. The van der Waals surface area contributed by atoms with Crippen molar-refractivity contribution in [3.63, 3.8) is 0 Å². The number of hydrogen-bond donors (Lipinski definition) is 1. The van der Waals surface area contributed by atoms with Gasteiger partial charge in [-0.1, -0.05) is 12.1 Å². The van der Waals surface area contributed by atoms with E-state index in [0.717, 1.165) is 16.5 Å². The second kappa shape index (κ2) is 7.46. The lowest BCUT2D eigenvalue weighted by Crippen LogP contribution is -2.56. The molecule has 146 valence electrons. The van der Waals surface area contributed by atoms with E-state index >= 15 is 0 Å². The summed E-state index contributed by atoms with van der Waals surface area (Å²) in [4.78, 5) is 20.3. The molecule has 1 aromatic carbocycles. The Bertz CT molecular complexity index is 1000. The number of urea groups is 1. The minimum atomic E-state index is -0.336. The number of pyridine rings is 1. The van der Waals surface area contributed by atoms with Crippen LogP contribution in [-0.4, -0.2) is 51.4 Å². The number of rotatable bonds is 3. The number of carbonyl (C=O) groups is 1. The minimum absolute atomic E-state index is 0.0319. The summed E-state index contributed by atoms with van der Waals surface area (Å²) >= 11 is 0. The van der Waals surface area contributed by atoms with Crippen molar-refractivity contribution in [2.75, 3.05) is 24.5 Å². The fourth-order valence-electron chi connectivity index (χ4n) is 3.75. The highest BCUT2D eigenvalue weighted by Gasteiger charge is 2.28. The molecule has 4 rings (SSSR count). The number of nitrogens with zero attached hydrogens (tertiary/aromatic N) is 5. The van der Waals surface area contributed by atoms with Crippen LogP contribution in [-0.2, 0) is 13.6 Å². The minimum Gasteiger partial charge on any atom is -0.365 e. The van der Waals surface area contributed by atoms with Crippen molar-refractivity contribution in [2.24, 2.45) is 7.05 Å². The van der Waals surface area contributed by atoms with Gasteiger partial charge in [-0.2, -0.15) is 5.10 Å². The van der Waals surface area contributed by atoms with E-state index in [0.29, 0.717) is 31.9 Å². The van der Waals surface area contributed by atoms with Gasteiger partial charge in [-0.25, -0.2) is 9.18 Å². The third-order valence-corrected chi connectivity index (χ3v) is 5.16. The van der Waals surface area contributed by atoms with Crippen molar-refractivity contribution in [1.82, 2.24) is 25.0 Å². The zero-order valence-corrected chi connectivity index (χ0v) is 16.0. The largest absolute Gasteiger partial charge is 0.365 e. The van der Waals surface area contributed by atoms with Crippen molar-refractivity contribution >= 4 is 22.6 Å². The van der Waals surface area contributed by atoms with Crippen LogP contribution in [0, 0.1) is 5.82 Å². The van der Waals surface area contributed by atoms with Crippen molar-refractivity contribution in [1.29, 1.82) is 0 Å². The molecule has 0 bridgehead atoms. The first-order chi connectivity index (χ1) is 13.5. The smallest absolute Gasteiger partial charge is 0.318 e. The van der Waals surface area contributed by atoms with Crippen molar-refractivity contribution < 1.29 is 9.18 Å². The van der Waals surface area contributed by atoms with Gasteiger partial charge in [0.15, 0.2) is 5.82 Å². The lowest BCUT2D eigenvalue weighted by Gasteiger charge is -2.40. The maximum Gasteiger partial charge on any atom is 0.318 e. The summed E-state index contributed by atoms with van der Waals surface area (Å²) in [5.41, 5.74) is 2.48. The molecule has 0 radical (unpaired) electrons. The number of amides is 2. The summed E-state index contributed by atoms with van der Waals surface area (Å²) in [5, 5.41) is 8.45. The summed E-state index contributed by atoms with van der Waals surface area (Å²) < 4.78 is 15.8. The predicted molar refractivity (Wildman–Crippen MR) is 106 cm³/mol. The molecule has 7 nitrogen and oxygen atoms in total. The highest BCUT2D eigenvalue weighted by molar-refractivity contribution is 5.82. The van der Waals surface area contributed by atoms with Gasteiger partial charge in [-0.15, -0.1) is 0 Å². The molecule has 1 aliphatic heterocycles. The summed E-state index contributed by atoms with van der Waals surface area (Å²) in [6.07, 6.45) is 4.76. The summed E-state index contributed by atoms with van der Waals surface area (Å²) in [6, 6.07) is 7.44. The van der Waals surface area contributed by atoms with E-state index in [1.54, 1.807) is 21.8 Å². The maximum absolute atomic E-state index is 14.0. The lowest BCUT2D eigenvalue weighted by atomic mass is 10.1. The fourth-order valence-corrected chi connectivity index (χ4v) is 3.75. The van der Waals surface area contributed by atoms with Gasteiger partial charge in [-0.05, 0) is 24.6 Å². The molecule has 2 amide bonds. The Morgan fingerprint density at radius 2 is 2.18 bits per heavy atom. The maximum atomic E-state index is 14.0. The molecule has 8 heteroatoms. The number of nitrogens with one attached hydrogen (secondary N) is 1. The number of anilines is 1. The number of aryl methyl sites for hydroxylation is 1. The number of hydrogen-bond acceptors (Lipinski definition) is 4. The fraction of sp³-hybridized carbons (Fsp3) is 0.350. The molecule has 1 atom stereocenters. The molecule has 0 spiro atoms. The topological polar surface area (TPSA) is 66.3 Å². The predicted octanol–water partition coefficient (Wildman–Crippen LogP) is 2.53. The van der Waals surface area contributed by atoms with E-state index in [1.807, 2.05) is 43.3 Å². The van der Waals surface area contributed by atoms with Gasteiger partial charge >= 0.3 is 6.03 Å². The van der Waals surface area contributed by atoms with E-state index < -0.39 is 0 Å². The van der Waals surface area contributed by atoms with Crippen LogP contribution in [0.25, 0.3) is 10.9 Å². The Balaban J connectivity index is 1.40. The second-order valence-electron chi connectivity index (χ2n) is 7.13. The molecule has 0 aliphatic carbocycles. The summed E-state index contributed by atoms with van der Waals surface area (Å²) in [5.74, 6) is -0.336. The third kappa shape index (κ3) is 3.49. The van der Waals surface area contributed by atoms with Crippen LogP contribution in [0.1, 0.15) is 12.5 Å². The van der Waals surface area contributed by atoms with Gasteiger partial charge in [0.25, 0.3) is 0 Å². The van der Waals surface area contributed by atoms with Gasteiger partial charge in [0.1, 0.15) is 0 Å². The van der Waals surface area contributed by atoms with E-state index in [2.05, 4.69) is 15.4 Å². The Kier molecular flexibility index (Phi) is 4.85. The molecule has 0 unspecified atom stereocenters. The average molecular weight is 382 g/mol. The number of benzene rings is 1. The van der Waals surface area contributed by atoms with E-state index in [9.17, 15) is 9.18 Å². The summed E-state index contributed by atoms with van der Waals surface area (Å²) in [6.45, 7) is 4.11. The summed E-state index contributed by atoms with van der Waals surface area (Å²) in [7, 11) is 1.88. The zero-order valence-electron chi connectivity index (χ0n) is 16.0. The number of piperazine rings is 1. The number of halogens is 1. The van der Waals surface area contributed by atoms with Crippen LogP contribution in [0.15, 0.2) is 42.9 Å². The Hall–Kier alpha value is -3.16. The molecule has 3 aromatic rings. The third-order valence-electron chi connectivity index (χ3n) is 5.16. The number of fused-ring (bicyclic) bond motifs is 1. The first-order valence-electron chi connectivity index (χ1n) is 9.33. The Morgan fingerprint density at radius 3 is 2.96 bits per heavy atom. The van der Waals surface area contributed by atoms with E-state index in [1.165, 1.54) is 6.20 Å². The van der Waals surface area contributed by atoms with Gasteiger partial charge in [0.05, 0.1) is 17.4 Å². The van der Waals surface area contributed by atoms with Crippen LogP contribution in [0.5, 0.6) is 0 Å².